The van der Waals surface area contributed by atoms with E-state index >= 15 is 0 Å². The minimum Gasteiger partial charge on any atom is -0.368 e. The van der Waals surface area contributed by atoms with Gasteiger partial charge in [-0.3, -0.25) is 4.55 Å². The lowest BCUT2D eigenvalue weighted by Crippen LogP contribution is -2.12. The third-order valence-electron chi connectivity index (χ3n) is 2.39. The van der Waals surface area contributed by atoms with Gasteiger partial charge in [0, 0.05) is 0 Å². The van der Waals surface area contributed by atoms with E-state index in [0.717, 1.165) is 11.1 Å². The van der Waals surface area contributed by atoms with Gasteiger partial charge in [0.1, 0.15) is 6.10 Å². The molecule has 0 saturated heterocycles. The zero-order chi connectivity index (χ0) is 11.6. The highest BCUT2D eigenvalue weighted by atomic mass is 32.2. The minimum atomic E-state index is -3.94. The molecule has 0 saturated carbocycles. The van der Waals surface area contributed by atoms with E-state index in [1.165, 1.54) is 0 Å². The van der Waals surface area contributed by atoms with Crippen molar-refractivity contribution >= 4 is 16.2 Å². The van der Waals surface area contributed by atoms with E-state index < -0.39 is 10.1 Å². The Morgan fingerprint density at radius 2 is 2.06 bits per heavy atom. The molecule has 0 spiro atoms. The van der Waals surface area contributed by atoms with Crippen molar-refractivity contribution in [1.29, 1.82) is 0 Å². The second-order valence-electron chi connectivity index (χ2n) is 3.57. The Kier molecular flexibility index (Phi) is 3.09. The van der Waals surface area contributed by atoms with Gasteiger partial charge in [0.15, 0.2) is 0 Å². The topological polar surface area (TPSA) is 63.6 Å². The van der Waals surface area contributed by atoms with Crippen molar-refractivity contribution in [3.05, 3.63) is 41.5 Å². The first-order valence-electron chi connectivity index (χ1n) is 4.90. The average Bonchev–Trinajstić information content (AvgIpc) is 2.60. The number of hydrogen-bond donors (Lipinski definition) is 1. The molecule has 16 heavy (non-hydrogen) atoms. The highest BCUT2D eigenvalue weighted by Gasteiger charge is 2.17. The normalized spacial score (nSPS) is 18.7. The molecule has 1 N–H and O–H groups in total. The van der Waals surface area contributed by atoms with E-state index in [1.54, 1.807) is 0 Å². The first-order valence-corrected chi connectivity index (χ1v) is 6.51. The Labute approximate surface area is 94.3 Å². The van der Waals surface area contributed by atoms with Gasteiger partial charge in [-0.2, -0.15) is 8.42 Å². The van der Waals surface area contributed by atoms with Crippen LogP contribution in [0.3, 0.4) is 0 Å². The molecular formula is C11H12O4S. The molecule has 0 aromatic heterocycles. The minimum absolute atomic E-state index is 0.0117. The Balaban J connectivity index is 1.97. The van der Waals surface area contributed by atoms with Crippen LogP contribution in [0.5, 0.6) is 0 Å². The Morgan fingerprint density at radius 3 is 2.81 bits per heavy atom. The summed E-state index contributed by atoms with van der Waals surface area (Å²) in [5, 5.41) is 0. The molecule has 0 radical (unpaired) electrons. The summed E-state index contributed by atoms with van der Waals surface area (Å²) < 4.78 is 35.0. The van der Waals surface area contributed by atoms with Crippen LogP contribution in [0.2, 0.25) is 0 Å². The van der Waals surface area contributed by atoms with E-state index in [0.29, 0.717) is 0 Å². The zero-order valence-electron chi connectivity index (χ0n) is 8.54. The van der Waals surface area contributed by atoms with Crippen molar-refractivity contribution in [3.63, 3.8) is 0 Å². The summed E-state index contributed by atoms with van der Waals surface area (Å²) in [7, 11) is -3.94. The van der Waals surface area contributed by atoms with Crippen LogP contribution in [0.25, 0.3) is 6.08 Å². The van der Waals surface area contributed by atoms with Crippen LogP contribution in [0.15, 0.2) is 30.3 Å². The van der Waals surface area contributed by atoms with Gasteiger partial charge in [-0.25, -0.2) is 0 Å². The first kappa shape index (κ1) is 11.3. The molecule has 1 atom stereocenters. The molecule has 1 aliphatic carbocycles. The van der Waals surface area contributed by atoms with Crippen molar-refractivity contribution in [1.82, 2.24) is 0 Å². The van der Waals surface area contributed by atoms with Crippen LogP contribution in [0.4, 0.5) is 0 Å². The zero-order valence-corrected chi connectivity index (χ0v) is 9.35. The van der Waals surface area contributed by atoms with E-state index in [9.17, 15) is 8.42 Å². The van der Waals surface area contributed by atoms with Crippen LogP contribution in [0.1, 0.15) is 17.2 Å². The van der Waals surface area contributed by atoms with E-state index in [2.05, 4.69) is 0 Å². The quantitative estimate of drug-likeness (QED) is 0.813. The summed E-state index contributed by atoms with van der Waals surface area (Å²) in [6.45, 7) is -0.0117. The van der Waals surface area contributed by atoms with Crippen molar-refractivity contribution in [2.75, 3.05) is 12.4 Å². The van der Waals surface area contributed by atoms with Crippen LogP contribution >= 0.6 is 0 Å². The van der Waals surface area contributed by atoms with Crippen molar-refractivity contribution in [2.24, 2.45) is 0 Å². The molecule has 0 heterocycles. The number of rotatable bonds is 4. The fraction of sp³-hybridized carbons (Fsp3) is 0.273. The van der Waals surface area contributed by atoms with Gasteiger partial charge in [0.2, 0.25) is 0 Å². The van der Waals surface area contributed by atoms with Gasteiger partial charge < -0.3 is 4.74 Å². The molecule has 1 aliphatic rings. The van der Waals surface area contributed by atoms with Crippen molar-refractivity contribution in [2.45, 2.75) is 6.10 Å². The SMILES string of the molecule is O=S(=O)(O)CCOC1C=Cc2ccccc21. The van der Waals surface area contributed by atoms with Gasteiger partial charge in [-0.05, 0) is 11.1 Å². The lowest BCUT2D eigenvalue weighted by molar-refractivity contribution is 0.0995. The second-order valence-corrected chi connectivity index (χ2v) is 5.14. The molecule has 2 rings (SSSR count). The number of benzene rings is 1. The first-order chi connectivity index (χ1) is 7.56. The molecule has 0 amide bonds. The molecule has 0 bridgehead atoms. The maximum Gasteiger partial charge on any atom is 0.267 e. The smallest absolute Gasteiger partial charge is 0.267 e. The standard InChI is InChI=1S/C11H12O4S/c12-16(13,14)8-7-15-11-6-5-9-3-1-2-4-10(9)11/h1-6,11H,7-8H2,(H,12,13,14). The largest absolute Gasteiger partial charge is 0.368 e. The molecular weight excluding hydrogens is 228 g/mol. The molecule has 0 fully saturated rings. The van der Waals surface area contributed by atoms with Crippen LogP contribution in [-0.2, 0) is 14.9 Å². The summed E-state index contributed by atoms with van der Waals surface area (Å²) >= 11 is 0. The maximum atomic E-state index is 10.5. The highest BCUT2D eigenvalue weighted by Crippen LogP contribution is 2.30. The van der Waals surface area contributed by atoms with Crippen LogP contribution < -0.4 is 0 Å². The predicted molar refractivity (Wildman–Crippen MR) is 60.6 cm³/mol. The fourth-order valence-electron chi connectivity index (χ4n) is 1.64. The lowest BCUT2D eigenvalue weighted by Gasteiger charge is -2.11. The van der Waals surface area contributed by atoms with Gasteiger partial charge in [0.25, 0.3) is 10.1 Å². The van der Waals surface area contributed by atoms with Crippen LogP contribution in [0, 0.1) is 0 Å². The van der Waals surface area contributed by atoms with E-state index in [-0.39, 0.29) is 18.5 Å². The Morgan fingerprint density at radius 1 is 1.31 bits per heavy atom. The number of fused-ring (bicyclic) bond motifs is 1. The molecule has 1 aromatic carbocycles. The average molecular weight is 240 g/mol. The maximum absolute atomic E-state index is 10.5. The van der Waals surface area contributed by atoms with Gasteiger partial charge in [0.05, 0.1) is 12.4 Å². The second kappa shape index (κ2) is 4.37. The number of hydrogen-bond acceptors (Lipinski definition) is 3. The molecule has 1 aromatic rings. The monoisotopic (exact) mass is 240 g/mol. The fourth-order valence-corrected chi connectivity index (χ4v) is 1.95. The van der Waals surface area contributed by atoms with Crippen LogP contribution in [-0.4, -0.2) is 25.3 Å². The molecule has 0 aliphatic heterocycles. The molecule has 86 valence electrons. The van der Waals surface area contributed by atoms with Gasteiger partial charge >= 0.3 is 0 Å². The summed E-state index contributed by atoms with van der Waals surface area (Å²) in [6.07, 6.45) is 3.60. The van der Waals surface area contributed by atoms with Gasteiger partial charge in [-0.1, -0.05) is 36.4 Å². The third kappa shape index (κ3) is 2.69. The Bertz CT molecular complexity index is 504. The highest BCUT2D eigenvalue weighted by molar-refractivity contribution is 7.85. The van der Waals surface area contributed by atoms with Crippen molar-refractivity contribution in [3.8, 4) is 0 Å². The molecule has 5 heteroatoms. The van der Waals surface area contributed by atoms with Crippen molar-refractivity contribution < 1.29 is 17.7 Å². The van der Waals surface area contributed by atoms with E-state index in [1.807, 2.05) is 36.4 Å². The number of ether oxygens (including phenoxy) is 1. The Hall–Kier alpha value is -1.17. The third-order valence-corrected chi connectivity index (χ3v) is 3.07. The summed E-state index contributed by atoms with van der Waals surface area (Å²) in [6, 6.07) is 7.75. The summed E-state index contributed by atoms with van der Waals surface area (Å²) in [5.41, 5.74) is 2.11. The molecule has 4 nitrogen and oxygen atoms in total. The lowest BCUT2D eigenvalue weighted by atomic mass is 10.1. The van der Waals surface area contributed by atoms with E-state index in [4.69, 9.17) is 9.29 Å². The predicted octanol–water partition coefficient (Wildman–Crippen LogP) is 1.66. The summed E-state index contributed by atoms with van der Waals surface area (Å²) in [5.74, 6) is -0.375. The summed E-state index contributed by atoms with van der Waals surface area (Å²) in [4.78, 5) is 0. The molecule has 1 unspecified atom stereocenters. The van der Waals surface area contributed by atoms with Gasteiger partial charge in [-0.15, -0.1) is 0 Å².